The average Bonchev–Trinajstić information content (AvgIpc) is 2.94. The van der Waals surface area contributed by atoms with E-state index in [4.69, 9.17) is 0 Å². The highest BCUT2D eigenvalue weighted by Crippen LogP contribution is 2.12. The van der Waals surface area contributed by atoms with Gasteiger partial charge in [-0.25, -0.2) is 0 Å². The van der Waals surface area contributed by atoms with E-state index in [-0.39, 0.29) is 5.78 Å². The topological polar surface area (TPSA) is 34.9 Å². The molecule has 1 heterocycles. The van der Waals surface area contributed by atoms with Crippen LogP contribution < -0.4 is 0 Å². The smallest absolute Gasteiger partial charge is 0.180 e. The van der Waals surface area contributed by atoms with Gasteiger partial charge in [0.1, 0.15) is 5.69 Å². The summed E-state index contributed by atoms with van der Waals surface area (Å²) in [5.74, 6) is 0.243. The van der Waals surface area contributed by atoms with Crippen LogP contribution in [-0.2, 0) is 6.54 Å². The summed E-state index contributed by atoms with van der Waals surface area (Å²) in [6.07, 6.45) is 14.0. The lowest BCUT2D eigenvalue weighted by atomic mass is 10.0. The molecule has 1 aromatic rings. The Labute approximate surface area is 123 Å². The van der Waals surface area contributed by atoms with Crippen LogP contribution in [-0.4, -0.2) is 15.6 Å². The van der Waals surface area contributed by atoms with Crippen molar-refractivity contribution in [3.63, 3.8) is 0 Å². The van der Waals surface area contributed by atoms with Crippen molar-refractivity contribution < 1.29 is 4.79 Å². The fraction of sp³-hybridized carbons (Fsp3) is 0.765. The number of hydrogen-bond acceptors (Lipinski definition) is 2. The summed E-state index contributed by atoms with van der Waals surface area (Å²) in [6.45, 7) is 5.04. The predicted molar refractivity (Wildman–Crippen MR) is 84.1 cm³/mol. The second kappa shape index (κ2) is 10.6. The number of nitrogens with zero attached hydrogens (tertiary/aromatic N) is 2. The first-order chi connectivity index (χ1) is 9.79. The second-order valence-electron chi connectivity index (χ2n) is 5.53. The number of hydrogen-bond donors (Lipinski definition) is 0. The molecule has 3 heteroatoms. The summed E-state index contributed by atoms with van der Waals surface area (Å²) in [5.41, 5.74) is 0.770. The maximum absolute atomic E-state index is 12.0. The van der Waals surface area contributed by atoms with Crippen molar-refractivity contribution in [2.24, 2.45) is 0 Å². The molecule has 0 saturated carbocycles. The van der Waals surface area contributed by atoms with E-state index in [2.05, 4.69) is 12.0 Å². The summed E-state index contributed by atoms with van der Waals surface area (Å²) in [5, 5.41) is 4.14. The van der Waals surface area contributed by atoms with Gasteiger partial charge in [-0.15, -0.1) is 0 Å². The number of carbonyl (C=O) groups excluding carboxylic acids is 1. The molecule has 0 fully saturated rings. The molecule has 0 bridgehead atoms. The van der Waals surface area contributed by atoms with Crippen LogP contribution in [0.1, 0.15) is 88.5 Å². The van der Waals surface area contributed by atoms with Crippen molar-refractivity contribution >= 4 is 5.78 Å². The van der Waals surface area contributed by atoms with E-state index in [1.807, 2.05) is 13.0 Å². The molecule has 0 atom stereocenters. The SMILES string of the molecule is CCCCCCCCCCCC(=O)c1ccnn1CC. The van der Waals surface area contributed by atoms with Gasteiger partial charge in [0, 0.05) is 19.2 Å². The molecular formula is C17H30N2O. The summed E-state index contributed by atoms with van der Waals surface area (Å²) in [6, 6.07) is 1.83. The minimum atomic E-state index is 0.243. The van der Waals surface area contributed by atoms with E-state index in [1.54, 1.807) is 10.9 Å². The van der Waals surface area contributed by atoms with Gasteiger partial charge in [0.15, 0.2) is 5.78 Å². The van der Waals surface area contributed by atoms with Crippen LogP contribution in [0.2, 0.25) is 0 Å². The van der Waals surface area contributed by atoms with Gasteiger partial charge in [0.05, 0.1) is 0 Å². The van der Waals surface area contributed by atoms with Gasteiger partial charge in [-0.05, 0) is 19.4 Å². The maximum atomic E-state index is 12.0. The third kappa shape index (κ3) is 6.36. The number of aromatic nitrogens is 2. The molecule has 0 N–H and O–H groups in total. The van der Waals surface area contributed by atoms with Crippen LogP contribution in [0.5, 0.6) is 0 Å². The van der Waals surface area contributed by atoms with E-state index in [0.29, 0.717) is 6.42 Å². The van der Waals surface area contributed by atoms with Crippen molar-refractivity contribution in [1.82, 2.24) is 9.78 Å². The molecule has 0 radical (unpaired) electrons. The maximum Gasteiger partial charge on any atom is 0.180 e. The van der Waals surface area contributed by atoms with Crippen molar-refractivity contribution in [3.05, 3.63) is 18.0 Å². The van der Waals surface area contributed by atoms with Crippen LogP contribution in [0.25, 0.3) is 0 Å². The number of Topliss-reactive ketones (excluding diaryl/α,β-unsaturated/α-hetero) is 1. The van der Waals surface area contributed by atoms with E-state index in [1.165, 1.54) is 51.4 Å². The van der Waals surface area contributed by atoms with Gasteiger partial charge >= 0.3 is 0 Å². The van der Waals surface area contributed by atoms with E-state index < -0.39 is 0 Å². The lowest BCUT2D eigenvalue weighted by Crippen LogP contribution is -2.09. The Morgan fingerprint density at radius 2 is 1.60 bits per heavy atom. The van der Waals surface area contributed by atoms with Gasteiger partial charge < -0.3 is 0 Å². The van der Waals surface area contributed by atoms with Gasteiger partial charge in [-0.3, -0.25) is 9.48 Å². The number of rotatable bonds is 12. The van der Waals surface area contributed by atoms with Crippen molar-refractivity contribution in [2.75, 3.05) is 0 Å². The highest BCUT2D eigenvalue weighted by Gasteiger charge is 2.10. The van der Waals surface area contributed by atoms with Crippen LogP contribution in [0.3, 0.4) is 0 Å². The lowest BCUT2D eigenvalue weighted by Gasteiger charge is -2.04. The van der Waals surface area contributed by atoms with Crippen molar-refractivity contribution in [1.29, 1.82) is 0 Å². The zero-order valence-electron chi connectivity index (χ0n) is 13.2. The van der Waals surface area contributed by atoms with Crippen molar-refractivity contribution in [2.45, 2.75) is 84.6 Å². The first kappa shape index (κ1) is 16.9. The largest absolute Gasteiger partial charge is 0.292 e. The first-order valence-electron chi connectivity index (χ1n) is 8.34. The van der Waals surface area contributed by atoms with Gasteiger partial charge in [-0.1, -0.05) is 58.3 Å². The lowest BCUT2D eigenvalue weighted by molar-refractivity contribution is 0.0968. The molecule has 20 heavy (non-hydrogen) atoms. The molecule has 0 aliphatic rings. The molecule has 0 aromatic carbocycles. The molecule has 0 spiro atoms. The zero-order chi connectivity index (χ0) is 14.6. The monoisotopic (exact) mass is 278 g/mol. The van der Waals surface area contributed by atoms with Crippen LogP contribution in [0.15, 0.2) is 12.3 Å². The minimum Gasteiger partial charge on any atom is -0.292 e. The van der Waals surface area contributed by atoms with Crippen molar-refractivity contribution in [3.8, 4) is 0 Å². The highest BCUT2D eigenvalue weighted by atomic mass is 16.1. The van der Waals surface area contributed by atoms with Crippen LogP contribution in [0.4, 0.5) is 0 Å². The Morgan fingerprint density at radius 3 is 2.20 bits per heavy atom. The third-order valence-corrected chi connectivity index (χ3v) is 3.81. The van der Waals surface area contributed by atoms with Gasteiger partial charge in [0.25, 0.3) is 0 Å². The van der Waals surface area contributed by atoms with Crippen LogP contribution in [0, 0.1) is 0 Å². The Hall–Kier alpha value is -1.12. The Kier molecular flexibility index (Phi) is 9.01. The molecule has 114 valence electrons. The first-order valence-corrected chi connectivity index (χ1v) is 8.34. The second-order valence-corrected chi connectivity index (χ2v) is 5.53. The molecule has 3 nitrogen and oxygen atoms in total. The number of unbranched alkanes of at least 4 members (excludes halogenated alkanes) is 8. The molecule has 0 aliphatic heterocycles. The fourth-order valence-corrected chi connectivity index (χ4v) is 2.55. The molecule has 0 saturated heterocycles. The fourth-order valence-electron chi connectivity index (χ4n) is 2.55. The normalized spacial score (nSPS) is 10.9. The minimum absolute atomic E-state index is 0.243. The molecular weight excluding hydrogens is 248 g/mol. The predicted octanol–water partition coefficient (Wildman–Crippen LogP) is 5.01. The zero-order valence-corrected chi connectivity index (χ0v) is 13.2. The third-order valence-electron chi connectivity index (χ3n) is 3.81. The van der Waals surface area contributed by atoms with Gasteiger partial charge in [-0.2, -0.15) is 5.10 Å². The molecule has 1 aromatic heterocycles. The van der Waals surface area contributed by atoms with E-state index >= 15 is 0 Å². The summed E-state index contributed by atoms with van der Waals surface area (Å²) < 4.78 is 1.79. The summed E-state index contributed by atoms with van der Waals surface area (Å²) >= 11 is 0. The Bertz CT molecular complexity index is 371. The van der Waals surface area contributed by atoms with Crippen LogP contribution >= 0.6 is 0 Å². The summed E-state index contributed by atoms with van der Waals surface area (Å²) in [4.78, 5) is 12.0. The Balaban J connectivity index is 2.02. The number of aryl methyl sites for hydroxylation is 1. The van der Waals surface area contributed by atoms with Gasteiger partial charge in [0.2, 0.25) is 0 Å². The van der Waals surface area contributed by atoms with E-state index in [0.717, 1.165) is 18.7 Å². The molecule has 0 aliphatic carbocycles. The Morgan fingerprint density at radius 1 is 1.00 bits per heavy atom. The summed E-state index contributed by atoms with van der Waals surface area (Å²) in [7, 11) is 0. The molecule has 1 rings (SSSR count). The number of ketones is 1. The average molecular weight is 278 g/mol. The van der Waals surface area contributed by atoms with E-state index in [9.17, 15) is 4.79 Å². The molecule has 0 amide bonds. The molecule has 0 unspecified atom stereocenters. The highest BCUT2D eigenvalue weighted by molar-refractivity contribution is 5.94. The standard InChI is InChI=1S/C17H30N2O/c1-3-5-6-7-8-9-10-11-12-13-17(20)16-14-15-18-19(16)4-2/h14-15H,3-13H2,1-2H3. The quantitative estimate of drug-likeness (QED) is 0.398. The number of carbonyl (C=O) groups is 1.